The summed E-state index contributed by atoms with van der Waals surface area (Å²) in [5.41, 5.74) is 0.636. The van der Waals surface area contributed by atoms with Crippen molar-refractivity contribution in [2.75, 3.05) is 34.0 Å². The molecule has 2 aromatic carbocycles. The number of aliphatic hydroxyl groups is 1. The molecule has 3 rings (SSSR count). The molecule has 35 heavy (non-hydrogen) atoms. The van der Waals surface area contributed by atoms with Crippen molar-refractivity contribution >= 4 is 17.9 Å². The van der Waals surface area contributed by atoms with E-state index in [0.29, 0.717) is 31.1 Å². The average Bonchev–Trinajstić information content (AvgIpc) is 3.23. The van der Waals surface area contributed by atoms with Gasteiger partial charge in [-0.1, -0.05) is 42.5 Å². The molecule has 0 saturated heterocycles. The summed E-state index contributed by atoms with van der Waals surface area (Å²) in [5, 5.41) is 11.8. The first-order valence-electron chi connectivity index (χ1n) is 11.7. The van der Waals surface area contributed by atoms with Crippen LogP contribution in [0.4, 0.5) is 0 Å². The summed E-state index contributed by atoms with van der Waals surface area (Å²) in [6, 6.07) is 17.2. The molecule has 2 N–H and O–H groups in total. The Hall–Kier alpha value is -3.20. The minimum Gasteiger partial charge on any atom is -0.494 e. The van der Waals surface area contributed by atoms with Gasteiger partial charge in [-0.25, -0.2) is 4.99 Å². The molecule has 0 bridgehead atoms. The van der Waals surface area contributed by atoms with Gasteiger partial charge >= 0.3 is 0 Å². The zero-order valence-electron chi connectivity index (χ0n) is 20.5. The van der Waals surface area contributed by atoms with Crippen LogP contribution in [0, 0.1) is 0 Å². The summed E-state index contributed by atoms with van der Waals surface area (Å²) in [4.78, 5) is 18.3. The predicted octanol–water partition coefficient (Wildman–Crippen LogP) is 3.19. The lowest BCUT2D eigenvalue weighted by Crippen LogP contribution is -2.52. The zero-order valence-corrected chi connectivity index (χ0v) is 20.5. The number of benzene rings is 2. The van der Waals surface area contributed by atoms with E-state index in [1.54, 1.807) is 0 Å². The maximum atomic E-state index is 13.5. The van der Waals surface area contributed by atoms with Gasteiger partial charge in [-0.2, -0.15) is 0 Å². The van der Waals surface area contributed by atoms with E-state index in [4.69, 9.17) is 29.0 Å². The van der Waals surface area contributed by atoms with Crippen LogP contribution in [0.5, 0.6) is 5.75 Å². The smallest absolute Gasteiger partial charge is 0.252 e. The third-order valence-electron chi connectivity index (χ3n) is 5.82. The second-order valence-electron chi connectivity index (χ2n) is 8.18. The molecule has 0 spiro atoms. The van der Waals surface area contributed by atoms with Crippen molar-refractivity contribution in [3.05, 3.63) is 71.8 Å². The standard InChI is InChI=1S/C27H34N2O6/c1-20-27(26(31)28-19-24(32-2)33-3,16-7-11-21-9-5-4-6-10-21)29-25(35-20)22-12-14-23(15-13-22)34-18-8-17-30/h4-7,9-15,20,24,30H,8,16-19H2,1-3H3,(H,28,31)/b11-7+/t20-,27-/m1/s1. The highest BCUT2D eigenvalue weighted by molar-refractivity contribution is 6.00. The van der Waals surface area contributed by atoms with Crippen molar-refractivity contribution < 1.29 is 28.8 Å². The van der Waals surface area contributed by atoms with Gasteiger partial charge in [-0.15, -0.1) is 0 Å². The van der Waals surface area contributed by atoms with Crippen LogP contribution in [0.2, 0.25) is 0 Å². The van der Waals surface area contributed by atoms with Gasteiger partial charge < -0.3 is 29.4 Å². The maximum Gasteiger partial charge on any atom is 0.252 e. The van der Waals surface area contributed by atoms with Crippen LogP contribution in [0.3, 0.4) is 0 Å². The first kappa shape index (κ1) is 26.4. The molecule has 1 aliphatic heterocycles. The summed E-state index contributed by atoms with van der Waals surface area (Å²) >= 11 is 0. The van der Waals surface area contributed by atoms with Crippen LogP contribution >= 0.6 is 0 Å². The highest BCUT2D eigenvalue weighted by Gasteiger charge is 2.49. The molecule has 188 valence electrons. The number of carbonyl (C=O) groups excluding carboxylic acids is 1. The van der Waals surface area contributed by atoms with Crippen molar-refractivity contribution in [2.45, 2.75) is 37.7 Å². The van der Waals surface area contributed by atoms with E-state index in [9.17, 15) is 4.79 Å². The van der Waals surface area contributed by atoms with Gasteiger partial charge in [0.1, 0.15) is 11.9 Å². The third kappa shape index (κ3) is 6.91. The van der Waals surface area contributed by atoms with E-state index in [0.717, 1.165) is 11.1 Å². The monoisotopic (exact) mass is 482 g/mol. The quantitative estimate of drug-likeness (QED) is 0.336. The molecular formula is C27H34N2O6. The summed E-state index contributed by atoms with van der Waals surface area (Å²) in [7, 11) is 3.04. The lowest BCUT2D eigenvalue weighted by molar-refractivity contribution is -0.133. The number of nitrogens with one attached hydrogen (secondary N) is 1. The molecule has 0 aromatic heterocycles. The molecule has 8 heteroatoms. The lowest BCUT2D eigenvalue weighted by atomic mass is 9.89. The van der Waals surface area contributed by atoms with Gasteiger partial charge in [-0.3, -0.25) is 4.79 Å². The molecule has 0 radical (unpaired) electrons. The Morgan fingerprint density at radius 3 is 2.54 bits per heavy atom. The van der Waals surface area contributed by atoms with E-state index >= 15 is 0 Å². The van der Waals surface area contributed by atoms with E-state index in [1.165, 1.54) is 14.2 Å². The van der Waals surface area contributed by atoms with Gasteiger partial charge in [0.25, 0.3) is 5.91 Å². The minimum absolute atomic E-state index is 0.0823. The van der Waals surface area contributed by atoms with Gasteiger partial charge in [-0.05, 0) is 36.8 Å². The summed E-state index contributed by atoms with van der Waals surface area (Å²) < 4.78 is 22.1. The summed E-state index contributed by atoms with van der Waals surface area (Å²) in [6.07, 6.45) is 3.78. The number of carbonyl (C=O) groups is 1. The van der Waals surface area contributed by atoms with Crippen molar-refractivity contribution in [1.29, 1.82) is 0 Å². The summed E-state index contributed by atoms with van der Waals surface area (Å²) in [6.45, 7) is 2.56. The van der Waals surface area contributed by atoms with Crippen LogP contribution in [-0.4, -0.2) is 68.8 Å². The average molecular weight is 483 g/mol. The number of methoxy groups -OCH3 is 2. The van der Waals surface area contributed by atoms with E-state index in [-0.39, 0.29) is 19.1 Å². The Morgan fingerprint density at radius 1 is 1.17 bits per heavy atom. The number of aliphatic hydroxyl groups excluding tert-OH is 1. The van der Waals surface area contributed by atoms with Crippen molar-refractivity contribution in [3.63, 3.8) is 0 Å². The summed E-state index contributed by atoms with van der Waals surface area (Å²) in [5.74, 6) is 0.826. The Labute approximate surface area is 206 Å². The van der Waals surface area contributed by atoms with Crippen LogP contribution in [-0.2, 0) is 19.0 Å². The molecule has 2 atom stereocenters. The molecule has 0 saturated carbocycles. The van der Waals surface area contributed by atoms with Crippen LogP contribution in [0.15, 0.2) is 65.7 Å². The Kier molecular flexibility index (Phi) is 9.84. The lowest BCUT2D eigenvalue weighted by Gasteiger charge is -2.27. The van der Waals surface area contributed by atoms with Gasteiger partial charge in [0.15, 0.2) is 11.8 Å². The fraction of sp³-hybridized carbons (Fsp3) is 0.407. The zero-order chi connectivity index (χ0) is 25.1. The Bertz CT molecular complexity index is 988. The molecule has 0 fully saturated rings. The number of amides is 1. The Morgan fingerprint density at radius 2 is 1.89 bits per heavy atom. The Balaban J connectivity index is 1.83. The minimum atomic E-state index is -1.15. The van der Waals surface area contributed by atoms with E-state index < -0.39 is 17.9 Å². The number of hydrogen-bond acceptors (Lipinski definition) is 7. The highest BCUT2D eigenvalue weighted by Crippen LogP contribution is 2.33. The number of hydrogen-bond donors (Lipinski definition) is 2. The van der Waals surface area contributed by atoms with Gasteiger partial charge in [0, 0.05) is 39.2 Å². The van der Waals surface area contributed by atoms with Crippen molar-refractivity contribution in [1.82, 2.24) is 5.32 Å². The number of rotatable bonds is 13. The molecule has 8 nitrogen and oxygen atoms in total. The normalized spacial score (nSPS) is 19.6. The molecule has 1 amide bonds. The van der Waals surface area contributed by atoms with Crippen LogP contribution < -0.4 is 10.1 Å². The van der Waals surface area contributed by atoms with E-state index in [2.05, 4.69) is 5.32 Å². The largest absolute Gasteiger partial charge is 0.494 e. The molecular weight excluding hydrogens is 448 g/mol. The van der Waals surface area contributed by atoms with Gasteiger partial charge in [0.2, 0.25) is 5.90 Å². The molecule has 2 aromatic rings. The topological polar surface area (TPSA) is 98.6 Å². The predicted molar refractivity (Wildman–Crippen MR) is 134 cm³/mol. The fourth-order valence-corrected chi connectivity index (χ4v) is 3.71. The van der Waals surface area contributed by atoms with Crippen molar-refractivity contribution in [2.24, 2.45) is 4.99 Å². The SMILES string of the molecule is COC(CNC(=O)[C@]1(C/C=C/c2ccccc2)N=C(c2ccc(OCCCO)cc2)O[C@@H]1C)OC. The second-order valence-corrected chi connectivity index (χ2v) is 8.18. The van der Waals surface area contributed by atoms with E-state index in [1.807, 2.05) is 73.7 Å². The highest BCUT2D eigenvalue weighted by atomic mass is 16.7. The first-order chi connectivity index (χ1) is 17.0. The molecule has 1 aliphatic rings. The van der Waals surface area contributed by atoms with Crippen LogP contribution in [0.25, 0.3) is 6.08 Å². The van der Waals surface area contributed by atoms with Gasteiger partial charge in [0.05, 0.1) is 13.2 Å². The first-order valence-corrected chi connectivity index (χ1v) is 11.7. The molecule has 0 unspecified atom stereocenters. The number of nitrogens with zero attached hydrogens (tertiary/aromatic N) is 1. The van der Waals surface area contributed by atoms with Crippen molar-refractivity contribution in [3.8, 4) is 5.75 Å². The van der Waals surface area contributed by atoms with Crippen LogP contribution in [0.1, 0.15) is 30.9 Å². The maximum absolute atomic E-state index is 13.5. The molecule has 1 heterocycles. The second kappa shape index (κ2) is 13.0. The third-order valence-corrected chi connectivity index (χ3v) is 5.82. The number of aliphatic imine (C=N–C) groups is 1. The fourth-order valence-electron chi connectivity index (χ4n) is 3.71. The number of ether oxygens (including phenoxy) is 4. The molecule has 0 aliphatic carbocycles.